The van der Waals surface area contributed by atoms with Gasteiger partial charge in [0.1, 0.15) is 12.2 Å². The van der Waals surface area contributed by atoms with E-state index in [1.807, 2.05) is 0 Å². The maximum Gasteiger partial charge on any atom is 0.472 e. The standard InChI is InChI=1S/C37H71O9P/c1-3-5-7-9-11-13-15-16-17-18-19-21-23-25-27-29-37(40)46-36(34-45-47(41,42)44-32-35(39)31-38)33-43-30-28-26-24-22-20-14-12-10-8-6-4-2/h11,13,16-17,35-36,38-39H,3-10,12,14-15,18-34H2,1-2H3,(H,41,42)/b13-11-,17-16-. The van der Waals surface area contributed by atoms with E-state index in [9.17, 15) is 19.4 Å². The SMILES string of the molecule is CCCCC/C=C\C/C=C\CCCCCCCC(=O)OC(COCCCCCCCCCCCCC)COP(=O)(O)OCC(O)CO. The lowest BCUT2D eigenvalue weighted by Crippen LogP contribution is -2.29. The highest BCUT2D eigenvalue weighted by Gasteiger charge is 2.26. The molecule has 3 N–H and O–H groups in total. The maximum atomic E-state index is 12.5. The Kier molecular flexibility index (Phi) is 34.0. The monoisotopic (exact) mass is 690 g/mol. The van der Waals surface area contributed by atoms with Crippen molar-refractivity contribution in [2.45, 2.75) is 174 Å². The van der Waals surface area contributed by atoms with Gasteiger partial charge in [-0.1, -0.05) is 134 Å². The number of aliphatic hydroxyl groups is 2. The third-order valence-corrected chi connectivity index (χ3v) is 8.84. The lowest BCUT2D eigenvalue weighted by molar-refractivity contribution is -0.154. The predicted octanol–water partition coefficient (Wildman–Crippen LogP) is 9.53. The molecule has 3 unspecified atom stereocenters. The van der Waals surface area contributed by atoms with Gasteiger partial charge in [0.05, 0.1) is 26.4 Å². The molecule has 0 saturated carbocycles. The molecule has 0 aromatic rings. The highest BCUT2D eigenvalue weighted by atomic mass is 31.2. The van der Waals surface area contributed by atoms with Gasteiger partial charge in [0.15, 0.2) is 0 Å². The predicted molar refractivity (Wildman–Crippen MR) is 191 cm³/mol. The summed E-state index contributed by atoms with van der Waals surface area (Å²) in [6.07, 6.45) is 32.7. The highest BCUT2D eigenvalue weighted by Crippen LogP contribution is 2.43. The van der Waals surface area contributed by atoms with Gasteiger partial charge in [-0.3, -0.25) is 13.8 Å². The van der Waals surface area contributed by atoms with E-state index in [1.54, 1.807) is 0 Å². The first-order chi connectivity index (χ1) is 22.8. The van der Waals surface area contributed by atoms with Gasteiger partial charge < -0.3 is 24.6 Å². The molecule has 0 spiro atoms. The number of unbranched alkanes of at least 4 members (excludes halogenated alkanes) is 18. The summed E-state index contributed by atoms with van der Waals surface area (Å²) < 4.78 is 33.2. The zero-order valence-corrected chi connectivity index (χ0v) is 30.9. The van der Waals surface area contributed by atoms with Crippen molar-refractivity contribution in [3.8, 4) is 0 Å². The molecule has 10 heteroatoms. The summed E-state index contributed by atoms with van der Waals surface area (Å²) in [4.78, 5) is 22.4. The van der Waals surface area contributed by atoms with Crippen LogP contribution in [0.4, 0.5) is 0 Å². The normalized spacial score (nSPS) is 14.6. The van der Waals surface area contributed by atoms with Crippen LogP contribution in [0.25, 0.3) is 0 Å². The summed E-state index contributed by atoms with van der Waals surface area (Å²) in [5, 5.41) is 18.3. The fourth-order valence-corrected chi connectivity index (χ4v) is 5.76. The molecule has 3 atom stereocenters. The third kappa shape index (κ3) is 34.6. The number of rotatable bonds is 36. The number of phosphoric acid groups is 1. The van der Waals surface area contributed by atoms with Gasteiger partial charge in [-0.25, -0.2) is 4.57 Å². The van der Waals surface area contributed by atoms with Crippen molar-refractivity contribution in [3.63, 3.8) is 0 Å². The molecule has 0 amide bonds. The average molecular weight is 691 g/mol. The van der Waals surface area contributed by atoms with Gasteiger partial charge in [-0.2, -0.15) is 0 Å². The van der Waals surface area contributed by atoms with Crippen LogP contribution in [0.3, 0.4) is 0 Å². The number of hydrogen-bond acceptors (Lipinski definition) is 8. The van der Waals surface area contributed by atoms with E-state index in [0.717, 1.165) is 57.8 Å². The molecule has 47 heavy (non-hydrogen) atoms. The van der Waals surface area contributed by atoms with E-state index in [0.29, 0.717) is 13.0 Å². The molecule has 0 aliphatic carbocycles. The molecule has 0 radical (unpaired) electrons. The second-order valence-corrected chi connectivity index (χ2v) is 14.1. The van der Waals surface area contributed by atoms with Crippen molar-refractivity contribution < 1.29 is 43.0 Å². The third-order valence-electron chi connectivity index (χ3n) is 7.89. The second-order valence-electron chi connectivity index (χ2n) is 12.6. The van der Waals surface area contributed by atoms with E-state index in [4.69, 9.17) is 23.6 Å². The number of aliphatic hydroxyl groups excluding tert-OH is 2. The largest absolute Gasteiger partial charge is 0.472 e. The summed E-state index contributed by atoms with van der Waals surface area (Å²) in [6, 6.07) is 0. The first-order valence-electron chi connectivity index (χ1n) is 18.8. The van der Waals surface area contributed by atoms with Crippen molar-refractivity contribution in [2.24, 2.45) is 0 Å². The van der Waals surface area contributed by atoms with Crippen molar-refractivity contribution in [3.05, 3.63) is 24.3 Å². The molecule has 0 fully saturated rings. The molecule has 0 aromatic heterocycles. The van der Waals surface area contributed by atoms with Crippen LogP contribution in [0.15, 0.2) is 24.3 Å². The van der Waals surface area contributed by atoms with Gasteiger partial charge in [-0.15, -0.1) is 0 Å². The Morgan fingerprint density at radius 1 is 0.660 bits per heavy atom. The highest BCUT2D eigenvalue weighted by molar-refractivity contribution is 7.47. The minimum Gasteiger partial charge on any atom is -0.457 e. The van der Waals surface area contributed by atoms with Crippen LogP contribution in [0.2, 0.25) is 0 Å². The van der Waals surface area contributed by atoms with E-state index in [1.165, 1.54) is 77.0 Å². The van der Waals surface area contributed by atoms with Crippen LogP contribution in [0, 0.1) is 0 Å². The number of phosphoric ester groups is 1. The van der Waals surface area contributed by atoms with Crippen LogP contribution >= 0.6 is 7.82 Å². The minimum absolute atomic E-state index is 0.0466. The topological polar surface area (TPSA) is 132 Å². The Morgan fingerprint density at radius 2 is 1.15 bits per heavy atom. The Bertz CT molecular complexity index is 790. The second kappa shape index (κ2) is 34.8. The summed E-state index contributed by atoms with van der Waals surface area (Å²) in [5.41, 5.74) is 0. The summed E-state index contributed by atoms with van der Waals surface area (Å²) in [7, 11) is -4.51. The van der Waals surface area contributed by atoms with Gasteiger partial charge in [0.2, 0.25) is 0 Å². The Balaban J connectivity index is 4.26. The maximum absolute atomic E-state index is 12.5. The van der Waals surface area contributed by atoms with Gasteiger partial charge in [0.25, 0.3) is 0 Å². The number of ether oxygens (including phenoxy) is 2. The number of esters is 1. The summed E-state index contributed by atoms with van der Waals surface area (Å²) in [5.74, 6) is -0.396. The van der Waals surface area contributed by atoms with Crippen LogP contribution in [-0.4, -0.2) is 66.3 Å². The van der Waals surface area contributed by atoms with Gasteiger partial charge >= 0.3 is 13.8 Å². The zero-order valence-electron chi connectivity index (χ0n) is 30.0. The molecule has 0 heterocycles. The van der Waals surface area contributed by atoms with Crippen LogP contribution < -0.4 is 0 Å². The molecular weight excluding hydrogens is 619 g/mol. The number of allylic oxidation sites excluding steroid dienone is 4. The van der Waals surface area contributed by atoms with E-state index in [-0.39, 0.29) is 19.6 Å². The van der Waals surface area contributed by atoms with Crippen LogP contribution in [0.5, 0.6) is 0 Å². The first kappa shape index (κ1) is 45.9. The molecule has 0 aliphatic rings. The van der Waals surface area contributed by atoms with E-state index < -0.39 is 39.2 Å². The smallest absolute Gasteiger partial charge is 0.457 e. The van der Waals surface area contributed by atoms with Crippen molar-refractivity contribution >= 4 is 13.8 Å². The van der Waals surface area contributed by atoms with Crippen LogP contribution in [0.1, 0.15) is 162 Å². The quantitative estimate of drug-likeness (QED) is 0.0254. The lowest BCUT2D eigenvalue weighted by Gasteiger charge is -2.20. The minimum atomic E-state index is -4.51. The number of carbonyl (C=O) groups is 1. The molecule has 0 saturated heterocycles. The molecule has 0 bridgehead atoms. The zero-order chi connectivity index (χ0) is 34.7. The van der Waals surface area contributed by atoms with Crippen molar-refractivity contribution in [1.29, 1.82) is 0 Å². The summed E-state index contributed by atoms with van der Waals surface area (Å²) in [6.45, 7) is 3.46. The van der Waals surface area contributed by atoms with Gasteiger partial charge in [-0.05, 0) is 44.9 Å². The fraction of sp³-hybridized carbons (Fsp3) is 0.865. The molecular formula is C37H71O9P. The lowest BCUT2D eigenvalue weighted by atomic mass is 10.1. The first-order valence-corrected chi connectivity index (χ1v) is 20.3. The molecule has 9 nitrogen and oxygen atoms in total. The Morgan fingerprint density at radius 3 is 1.74 bits per heavy atom. The van der Waals surface area contributed by atoms with Crippen molar-refractivity contribution in [1.82, 2.24) is 0 Å². The van der Waals surface area contributed by atoms with E-state index >= 15 is 0 Å². The average Bonchev–Trinajstić information content (AvgIpc) is 3.06. The van der Waals surface area contributed by atoms with Crippen molar-refractivity contribution in [2.75, 3.05) is 33.0 Å². The summed E-state index contributed by atoms with van der Waals surface area (Å²) >= 11 is 0. The Hall–Kier alpha value is -1.06. The van der Waals surface area contributed by atoms with Crippen LogP contribution in [-0.2, 0) is 27.9 Å². The molecule has 0 rings (SSSR count). The fourth-order valence-electron chi connectivity index (χ4n) is 4.97. The van der Waals surface area contributed by atoms with Gasteiger partial charge in [0, 0.05) is 13.0 Å². The molecule has 278 valence electrons. The number of hydrogen-bond donors (Lipinski definition) is 3. The molecule has 0 aliphatic heterocycles. The Labute approximate surface area is 287 Å². The number of carbonyl (C=O) groups excluding carboxylic acids is 1. The molecule has 0 aromatic carbocycles. The van der Waals surface area contributed by atoms with E-state index in [2.05, 4.69) is 38.2 Å².